The standard InChI is InChI=1S/C15H21IO2/c1-11(2)14-9-13(16)3-4-15(14)18-10-12-5-7-17-8-6-12/h3-4,9,11-12H,5-8,10H2,1-2H3. The largest absolute Gasteiger partial charge is 0.493 e. The predicted octanol–water partition coefficient (Wildman–Crippen LogP) is 4.22. The van der Waals surface area contributed by atoms with Crippen molar-refractivity contribution in [1.82, 2.24) is 0 Å². The molecule has 18 heavy (non-hydrogen) atoms. The summed E-state index contributed by atoms with van der Waals surface area (Å²) in [6, 6.07) is 6.45. The molecule has 0 aromatic heterocycles. The molecular weight excluding hydrogens is 339 g/mol. The van der Waals surface area contributed by atoms with Gasteiger partial charge in [-0.05, 0) is 71.0 Å². The first-order valence-electron chi connectivity index (χ1n) is 6.67. The van der Waals surface area contributed by atoms with Gasteiger partial charge in [0.1, 0.15) is 5.75 Å². The minimum absolute atomic E-state index is 0.504. The summed E-state index contributed by atoms with van der Waals surface area (Å²) in [4.78, 5) is 0. The first kappa shape index (κ1) is 14.1. The zero-order valence-corrected chi connectivity index (χ0v) is 13.3. The second-order valence-electron chi connectivity index (χ2n) is 5.20. The molecule has 0 unspecified atom stereocenters. The van der Waals surface area contributed by atoms with E-state index in [1.165, 1.54) is 9.13 Å². The number of halogens is 1. The quantitative estimate of drug-likeness (QED) is 0.749. The van der Waals surface area contributed by atoms with Crippen LogP contribution >= 0.6 is 22.6 Å². The lowest BCUT2D eigenvalue weighted by Gasteiger charge is -2.23. The number of hydrogen-bond donors (Lipinski definition) is 0. The maximum atomic E-state index is 6.03. The van der Waals surface area contributed by atoms with E-state index in [2.05, 4.69) is 54.6 Å². The molecule has 1 heterocycles. The van der Waals surface area contributed by atoms with Crippen LogP contribution in [0.3, 0.4) is 0 Å². The summed E-state index contributed by atoms with van der Waals surface area (Å²) in [6.45, 7) is 7.03. The third-order valence-electron chi connectivity index (χ3n) is 3.41. The summed E-state index contributed by atoms with van der Waals surface area (Å²) < 4.78 is 12.7. The topological polar surface area (TPSA) is 18.5 Å². The van der Waals surface area contributed by atoms with Crippen LogP contribution in [-0.2, 0) is 4.74 Å². The summed E-state index contributed by atoms with van der Waals surface area (Å²) >= 11 is 2.36. The average Bonchev–Trinajstić information content (AvgIpc) is 2.38. The van der Waals surface area contributed by atoms with Gasteiger partial charge in [-0.3, -0.25) is 0 Å². The summed E-state index contributed by atoms with van der Waals surface area (Å²) in [6.07, 6.45) is 2.25. The zero-order valence-electron chi connectivity index (χ0n) is 11.1. The average molecular weight is 360 g/mol. The van der Waals surface area contributed by atoms with Crippen LogP contribution in [0.1, 0.15) is 38.2 Å². The van der Waals surface area contributed by atoms with Gasteiger partial charge in [0.05, 0.1) is 6.61 Å². The van der Waals surface area contributed by atoms with Crippen molar-refractivity contribution in [1.29, 1.82) is 0 Å². The minimum Gasteiger partial charge on any atom is -0.493 e. The molecule has 0 N–H and O–H groups in total. The van der Waals surface area contributed by atoms with Gasteiger partial charge in [-0.1, -0.05) is 13.8 Å². The van der Waals surface area contributed by atoms with Gasteiger partial charge in [0.2, 0.25) is 0 Å². The third-order valence-corrected chi connectivity index (χ3v) is 4.08. The van der Waals surface area contributed by atoms with Crippen LogP contribution in [0.15, 0.2) is 18.2 Å². The molecule has 1 fully saturated rings. The smallest absolute Gasteiger partial charge is 0.122 e. The van der Waals surface area contributed by atoms with Crippen molar-refractivity contribution in [2.45, 2.75) is 32.6 Å². The maximum absolute atomic E-state index is 6.03. The van der Waals surface area contributed by atoms with Gasteiger partial charge >= 0.3 is 0 Å². The molecule has 100 valence electrons. The highest BCUT2D eigenvalue weighted by atomic mass is 127. The van der Waals surface area contributed by atoms with Crippen LogP contribution in [0.2, 0.25) is 0 Å². The SMILES string of the molecule is CC(C)c1cc(I)ccc1OCC1CCOCC1. The third kappa shape index (κ3) is 3.85. The molecule has 1 saturated heterocycles. The Balaban J connectivity index is 1.99. The molecule has 0 atom stereocenters. The molecule has 2 rings (SSSR count). The van der Waals surface area contributed by atoms with Gasteiger partial charge in [0.15, 0.2) is 0 Å². The monoisotopic (exact) mass is 360 g/mol. The normalized spacial score (nSPS) is 17.1. The Kier molecular flexibility index (Phi) is 5.30. The zero-order chi connectivity index (χ0) is 13.0. The Labute approximate surface area is 123 Å². The van der Waals surface area contributed by atoms with E-state index in [9.17, 15) is 0 Å². The van der Waals surface area contributed by atoms with E-state index in [0.717, 1.165) is 38.4 Å². The van der Waals surface area contributed by atoms with Crippen molar-refractivity contribution in [3.05, 3.63) is 27.3 Å². The van der Waals surface area contributed by atoms with Crippen molar-refractivity contribution in [3.63, 3.8) is 0 Å². The second-order valence-corrected chi connectivity index (χ2v) is 6.45. The molecule has 0 radical (unpaired) electrons. The van der Waals surface area contributed by atoms with E-state index in [1.54, 1.807) is 0 Å². The van der Waals surface area contributed by atoms with Gasteiger partial charge in [-0.25, -0.2) is 0 Å². The predicted molar refractivity (Wildman–Crippen MR) is 82.3 cm³/mol. The lowest BCUT2D eigenvalue weighted by molar-refractivity contribution is 0.0496. The molecule has 2 nitrogen and oxygen atoms in total. The number of ether oxygens (including phenoxy) is 2. The van der Waals surface area contributed by atoms with Crippen molar-refractivity contribution in [2.24, 2.45) is 5.92 Å². The summed E-state index contributed by atoms with van der Waals surface area (Å²) in [7, 11) is 0. The fourth-order valence-corrected chi connectivity index (χ4v) is 2.74. The molecule has 0 saturated carbocycles. The Bertz CT molecular complexity index is 384. The Morgan fingerprint density at radius 3 is 2.72 bits per heavy atom. The molecule has 0 amide bonds. The molecule has 1 aliphatic rings. The highest BCUT2D eigenvalue weighted by molar-refractivity contribution is 14.1. The number of hydrogen-bond acceptors (Lipinski definition) is 2. The van der Waals surface area contributed by atoms with Crippen LogP contribution in [0.4, 0.5) is 0 Å². The fourth-order valence-electron chi connectivity index (χ4n) is 2.22. The number of rotatable bonds is 4. The Morgan fingerprint density at radius 2 is 2.06 bits per heavy atom. The Hall–Kier alpha value is -0.290. The lowest BCUT2D eigenvalue weighted by Crippen LogP contribution is -2.21. The lowest BCUT2D eigenvalue weighted by atomic mass is 10.0. The van der Waals surface area contributed by atoms with Crippen molar-refractivity contribution >= 4 is 22.6 Å². The molecule has 1 aromatic rings. The molecule has 1 aromatic carbocycles. The van der Waals surface area contributed by atoms with E-state index in [0.29, 0.717) is 11.8 Å². The van der Waals surface area contributed by atoms with E-state index in [-0.39, 0.29) is 0 Å². The molecule has 3 heteroatoms. The molecule has 0 bridgehead atoms. The van der Waals surface area contributed by atoms with Crippen molar-refractivity contribution < 1.29 is 9.47 Å². The maximum Gasteiger partial charge on any atom is 0.122 e. The molecular formula is C15H21IO2. The number of benzene rings is 1. The van der Waals surface area contributed by atoms with Crippen molar-refractivity contribution in [3.8, 4) is 5.75 Å². The van der Waals surface area contributed by atoms with Crippen LogP contribution < -0.4 is 4.74 Å². The highest BCUT2D eigenvalue weighted by Crippen LogP contribution is 2.29. The van der Waals surface area contributed by atoms with Gasteiger partial charge in [-0.15, -0.1) is 0 Å². The first-order valence-corrected chi connectivity index (χ1v) is 7.74. The Morgan fingerprint density at radius 1 is 1.33 bits per heavy atom. The summed E-state index contributed by atoms with van der Waals surface area (Å²) in [5.74, 6) is 2.21. The van der Waals surface area contributed by atoms with Crippen LogP contribution in [0.25, 0.3) is 0 Å². The van der Waals surface area contributed by atoms with Crippen molar-refractivity contribution in [2.75, 3.05) is 19.8 Å². The molecule has 0 aliphatic carbocycles. The van der Waals surface area contributed by atoms with Crippen LogP contribution in [0, 0.1) is 9.49 Å². The first-order chi connectivity index (χ1) is 8.66. The summed E-state index contributed by atoms with van der Waals surface area (Å²) in [5.41, 5.74) is 1.31. The van der Waals surface area contributed by atoms with Gasteiger partial charge in [0.25, 0.3) is 0 Å². The second kappa shape index (κ2) is 6.75. The van der Waals surface area contributed by atoms with Gasteiger partial charge in [-0.2, -0.15) is 0 Å². The van der Waals surface area contributed by atoms with E-state index in [1.807, 2.05) is 0 Å². The van der Waals surface area contributed by atoms with Gasteiger partial charge in [0, 0.05) is 16.8 Å². The van der Waals surface area contributed by atoms with Crippen LogP contribution in [-0.4, -0.2) is 19.8 Å². The van der Waals surface area contributed by atoms with Gasteiger partial charge < -0.3 is 9.47 Å². The molecule has 0 spiro atoms. The fraction of sp³-hybridized carbons (Fsp3) is 0.600. The van der Waals surface area contributed by atoms with Crippen LogP contribution in [0.5, 0.6) is 5.75 Å². The minimum atomic E-state index is 0.504. The van der Waals surface area contributed by atoms with E-state index < -0.39 is 0 Å². The summed E-state index contributed by atoms with van der Waals surface area (Å²) in [5, 5.41) is 0. The van der Waals surface area contributed by atoms with E-state index >= 15 is 0 Å². The molecule has 1 aliphatic heterocycles. The highest BCUT2D eigenvalue weighted by Gasteiger charge is 2.16. The van der Waals surface area contributed by atoms with E-state index in [4.69, 9.17) is 9.47 Å².